The standard InChI is InChI=1S/C16H14Cl2N4OS/c1-7-5-12-14(24-16(20-12)22-19)8(2)13(7)21-15(23)9-3-4-10(17)11(18)6-9/h3-6H,19H2,1-2H3,(H,20,22)(H,21,23). The van der Waals surface area contributed by atoms with E-state index >= 15 is 0 Å². The van der Waals surface area contributed by atoms with Crippen LogP contribution in [0.15, 0.2) is 24.3 Å². The summed E-state index contributed by atoms with van der Waals surface area (Å²) in [6, 6.07) is 6.70. The van der Waals surface area contributed by atoms with Crippen LogP contribution in [-0.4, -0.2) is 10.9 Å². The first-order valence-electron chi connectivity index (χ1n) is 7.04. The van der Waals surface area contributed by atoms with Gasteiger partial charge < -0.3 is 5.32 Å². The minimum absolute atomic E-state index is 0.249. The Morgan fingerprint density at radius 2 is 1.96 bits per heavy atom. The number of nitrogens with zero attached hydrogens (tertiary/aromatic N) is 1. The Morgan fingerprint density at radius 1 is 1.21 bits per heavy atom. The molecule has 8 heteroatoms. The first-order valence-corrected chi connectivity index (χ1v) is 8.61. The number of hydrogen-bond donors (Lipinski definition) is 3. The second-order valence-corrected chi connectivity index (χ2v) is 7.10. The van der Waals surface area contributed by atoms with Crippen molar-refractivity contribution in [2.75, 3.05) is 10.7 Å². The second kappa shape index (κ2) is 6.57. The highest BCUT2D eigenvalue weighted by Crippen LogP contribution is 2.35. The van der Waals surface area contributed by atoms with E-state index in [-0.39, 0.29) is 5.91 Å². The maximum Gasteiger partial charge on any atom is 0.255 e. The van der Waals surface area contributed by atoms with Gasteiger partial charge in [0.1, 0.15) is 0 Å². The molecule has 3 rings (SSSR count). The largest absolute Gasteiger partial charge is 0.321 e. The van der Waals surface area contributed by atoms with E-state index in [1.807, 2.05) is 19.9 Å². The van der Waals surface area contributed by atoms with Crippen molar-refractivity contribution < 1.29 is 4.79 Å². The highest BCUT2D eigenvalue weighted by Gasteiger charge is 2.15. The third kappa shape index (κ3) is 3.06. The molecule has 1 heterocycles. The minimum Gasteiger partial charge on any atom is -0.321 e. The topological polar surface area (TPSA) is 80.0 Å². The van der Waals surface area contributed by atoms with Crippen molar-refractivity contribution in [3.05, 3.63) is 51.0 Å². The molecule has 124 valence electrons. The van der Waals surface area contributed by atoms with Crippen LogP contribution in [0, 0.1) is 13.8 Å². The molecule has 0 aliphatic heterocycles. The van der Waals surface area contributed by atoms with Crippen LogP contribution in [0.3, 0.4) is 0 Å². The number of aromatic nitrogens is 1. The summed E-state index contributed by atoms with van der Waals surface area (Å²) in [6.07, 6.45) is 0. The number of benzene rings is 2. The minimum atomic E-state index is -0.249. The number of hydrazine groups is 1. The number of aryl methyl sites for hydroxylation is 2. The zero-order valence-electron chi connectivity index (χ0n) is 12.9. The fourth-order valence-corrected chi connectivity index (χ4v) is 3.62. The van der Waals surface area contributed by atoms with Crippen molar-refractivity contribution in [1.82, 2.24) is 4.98 Å². The number of anilines is 2. The summed E-state index contributed by atoms with van der Waals surface area (Å²) < 4.78 is 0.970. The molecule has 0 saturated heterocycles. The first-order chi connectivity index (χ1) is 11.4. The lowest BCUT2D eigenvalue weighted by molar-refractivity contribution is 0.102. The Morgan fingerprint density at radius 3 is 2.62 bits per heavy atom. The van der Waals surface area contributed by atoms with Crippen LogP contribution in [0.5, 0.6) is 0 Å². The van der Waals surface area contributed by atoms with Gasteiger partial charge in [0.05, 0.1) is 20.3 Å². The monoisotopic (exact) mass is 380 g/mol. The van der Waals surface area contributed by atoms with E-state index in [1.54, 1.807) is 18.2 Å². The molecule has 2 aromatic carbocycles. The van der Waals surface area contributed by atoms with Crippen LogP contribution in [0.25, 0.3) is 10.2 Å². The Hall–Kier alpha value is -1.86. The van der Waals surface area contributed by atoms with Gasteiger partial charge in [0, 0.05) is 11.3 Å². The summed E-state index contributed by atoms with van der Waals surface area (Å²) in [7, 11) is 0. The summed E-state index contributed by atoms with van der Waals surface area (Å²) in [4.78, 5) is 16.9. The molecule has 0 radical (unpaired) electrons. The zero-order valence-corrected chi connectivity index (χ0v) is 15.2. The SMILES string of the molecule is Cc1cc2nc(NN)sc2c(C)c1NC(=O)c1ccc(Cl)c(Cl)c1. The summed E-state index contributed by atoms with van der Waals surface area (Å²) in [5.74, 6) is 5.18. The number of halogens is 2. The summed E-state index contributed by atoms with van der Waals surface area (Å²) in [5.41, 5.74) is 6.45. The molecular weight excluding hydrogens is 367 g/mol. The average Bonchev–Trinajstić information content (AvgIpc) is 2.97. The lowest BCUT2D eigenvalue weighted by Crippen LogP contribution is -2.13. The van der Waals surface area contributed by atoms with Crippen molar-refractivity contribution in [3.63, 3.8) is 0 Å². The normalized spacial score (nSPS) is 10.9. The van der Waals surface area contributed by atoms with Crippen LogP contribution in [0.2, 0.25) is 10.0 Å². The number of fused-ring (bicyclic) bond motifs is 1. The van der Waals surface area contributed by atoms with Gasteiger partial charge in [0.15, 0.2) is 5.13 Å². The van der Waals surface area contributed by atoms with E-state index in [0.717, 1.165) is 27.0 Å². The smallest absolute Gasteiger partial charge is 0.255 e. The Bertz CT molecular complexity index is 955. The molecule has 4 N–H and O–H groups in total. The number of carbonyl (C=O) groups excluding carboxylic acids is 1. The molecule has 0 fully saturated rings. The average molecular weight is 381 g/mol. The lowest BCUT2D eigenvalue weighted by atomic mass is 10.1. The summed E-state index contributed by atoms with van der Waals surface area (Å²) in [5, 5.41) is 4.33. The highest BCUT2D eigenvalue weighted by atomic mass is 35.5. The van der Waals surface area contributed by atoms with E-state index in [2.05, 4.69) is 15.7 Å². The molecular formula is C16H14Cl2N4OS. The van der Waals surface area contributed by atoms with Gasteiger partial charge >= 0.3 is 0 Å². The van der Waals surface area contributed by atoms with Crippen LogP contribution < -0.4 is 16.6 Å². The Labute approximate surface area is 152 Å². The molecule has 1 aromatic heterocycles. The molecule has 3 aromatic rings. The van der Waals surface area contributed by atoms with Gasteiger partial charge in [-0.15, -0.1) is 0 Å². The molecule has 0 atom stereocenters. The number of rotatable bonds is 3. The van der Waals surface area contributed by atoms with Crippen LogP contribution >= 0.6 is 34.5 Å². The predicted molar refractivity (Wildman–Crippen MR) is 101 cm³/mol. The number of nitrogen functional groups attached to an aromatic ring is 1. The zero-order chi connectivity index (χ0) is 17.4. The number of thiazole rings is 1. The number of amides is 1. The van der Waals surface area contributed by atoms with Gasteiger partial charge in [-0.3, -0.25) is 10.2 Å². The second-order valence-electron chi connectivity index (χ2n) is 5.29. The fourth-order valence-electron chi connectivity index (χ4n) is 2.46. The predicted octanol–water partition coefficient (Wildman–Crippen LogP) is 4.76. The van der Waals surface area contributed by atoms with Crippen LogP contribution in [0.4, 0.5) is 10.8 Å². The first kappa shape index (κ1) is 17.0. The number of nitrogens with two attached hydrogens (primary N) is 1. The van der Waals surface area contributed by atoms with Gasteiger partial charge in [-0.25, -0.2) is 10.8 Å². The molecule has 0 bridgehead atoms. The van der Waals surface area contributed by atoms with Gasteiger partial charge in [-0.05, 0) is 49.2 Å². The molecule has 0 aliphatic carbocycles. The molecule has 0 saturated carbocycles. The molecule has 0 aliphatic rings. The van der Waals surface area contributed by atoms with Gasteiger partial charge in [-0.1, -0.05) is 34.5 Å². The van der Waals surface area contributed by atoms with Crippen molar-refractivity contribution >= 4 is 61.5 Å². The van der Waals surface area contributed by atoms with Crippen molar-refractivity contribution in [1.29, 1.82) is 0 Å². The van der Waals surface area contributed by atoms with E-state index in [1.165, 1.54) is 11.3 Å². The van der Waals surface area contributed by atoms with E-state index in [4.69, 9.17) is 29.0 Å². The molecule has 0 spiro atoms. The molecule has 1 amide bonds. The van der Waals surface area contributed by atoms with E-state index in [9.17, 15) is 4.79 Å². The third-order valence-electron chi connectivity index (χ3n) is 3.66. The van der Waals surface area contributed by atoms with E-state index in [0.29, 0.717) is 20.7 Å². The third-order valence-corrected chi connectivity index (χ3v) is 5.52. The summed E-state index contributed by atoms with van der Waals surface area (Å²) >= 11 is 13.3. The molecule has 0 unspecified atom stereocenters. The Kier molecular flexibility index (Phi) is 4.64. The van der Waals surface area contributed by atoms with Crippen LogP contribution in [0.1, 0.15) is 21.5 Å². The highest BCUT2D eigenvalue weighted by molar-refractivity contribution is 7.22. The summed E-state index contributed by atoms with van der Waals surface area (Å²) in [6.45, 7) is 3.87. The molecule has 24 heavy (non-hydrogen) atoms. The fraction of sp³-hybridized carbons (Fsp3) is 0.125. The maximum absolute atomic E-state index is 12.5. The van der Waals surface area contributed by atoms with Crippen molar-refractivity contribution in [2.45, 2.75) is 13.8 Å². The van der Waals surface area contributed by atoms with E-state index < -0.39 is 0 Å². The lowest BCUT2D eigenvalue weighted by Gasteiger charge is -2.12. The number of nitrogens with one attached hydrogen (secondary N) is 2. The number of carbonyl (C=O) groups is 1. The van der Waals surface area contributed by atoms with Crippen LogP contribution in [-0.2, 0) is 0 Å². The van der Waals surface area contributed by atoms with Crippen molar-refractivity contribution in [3.8, 4) is 0 Å². The quantitative estimate of drug-likeness (QED) is 0.452. The van der Waals surface area contributed by atoms with Gasteiger partial charge in [0.2, 0.25) is 0 Å². The maximum atomic E-state index is 12.5. The van der Waals surface area contributed by atoms with Gasteiger partial charge in [0.25, 0.3) is 5.91 Å². The van der Waals surface area contributed by atoms with Gasteiger partial charge in [-0.2, -0.15) is 0 Å². The number of hydrogen-bond acceptors (Lipinski definition) is 5. The Balaban J connectivity index is 1.99. The molecule has 5 nitrogen and oxygen atoms in total. The van der Waals surface area contributed by atoms with Crippen molar-refractivity contribution in [2.24, 2.45) is 5.84 Å².